The van der Waals surface area contributed by atoms with Crippen molar-refractivity contribution in [3.63, 3.8) is 0 Å². The minimum atomic E-state index is -0.791. The Morgan fingerprint density at radius 1 is 1.26 bits per heavy atom. The second-order valence-electron chi connectivity index (χ2n) is 7.94. The van der Waals surface area contributed by atoms with Gasteiger partial charge in [-0.05, 0) is 25.5 Å². The third kappa shape index (κ3) is 4.46. The predicted octanol–water partition coefficient (Wildman–Crippen LogP) is 1.02. The molecule has 2 aromatic heterocycles. The summed E-state index contributed by atoms with van der Waals surface area (Å²) in [7, 11) is 0. The van der Waals surface area contributed by atoms with Gasteiger partial charge >= 0.3 is 11.7 Å². The first-order valence-electron chi connectivity index (χ1n) is 11.2. The van der Waals surface area contributed by atoms with Gasteiger partial charge in [-0.15, -0.1) is 0 Å². The predicted molar refractivity (Wildman–Crippen MR) is 128 cm³/mol. The summed E-state index contributed by atoms with van der Waals surface area (Å²) in [6, 6.07) is 1.77. The van der Waals surface area contributed by atoms with Crippen LogP contribution in [-0.2, 0) is 4.74 Å². The summed E-state index contributed by atoms with van der Waals surface area (Å²) < 4.78 is 6.28. The van der Waals surface area contributed by atoms with E-state index in [0.29, 0.717) is 24.5 Å². The number of amides is 2. The number of nitrogens with one attached hydrogen (secondary N) is 2. The second-order valence-corrected chi connectivity index (χ2v) is 7.94. The Hall–Kier alpha value is -3.86. The van der Waals surface area contributed by atoms with Crippen molar-refractivity contribution in [3.05, 3.63) is 52.1 Å². The molecule has 2 aliphatic rings. The first-order valence-corrected chi connectivity index (χ1v) is 11.2. The zero-order valence-corrected chi connectivity index (χ0v) is 19.2. The molecule has 11 nitrogen and oxygen atoms in total. The monoisotopic (exact) mass is 468 g/mol. The molecule has 0 aromatic carbocycles. The van der Waals surface area contributed by atoms with Crippen molar-refractivity contribution < 1.29 is 19.4 Å². The summed E-state index contributed by atoms with van der Waals surface area (Å²) in [5, 5.41) is 16.5. The molecule has 3 N–H and O–H groups in total. The highest BCUT2D eigenvalue weighted by molar-refractivity contribution is 5.98. The molecule has 0 spiro atoms. The largest absolute Gasteiger partial charge is 0.501 e. The zero-order valence-electron chi connectivity index (χ0n) is 19.2. The van der Waals surface area contributed by atoms with Gasteiger partial charge in [0.05, 0.1) is 17.9 Å². The van der Waals surface area contributed by atoms with Crippen LogP contribution in [0.5, 0.6) is 5.75 Å². The molecule has 2 aliphatic heterocycles. The number of fused-ring (bicyclic) bond motifs is 1. The van der Waals surface area contributed by atoms with E-state index in [9.17, 15) is 19.5 Å². The summed E-state index contributed by atoms with van der Waals surface area (Å²) in [4.78, 5) is 46.1. The van der Waals surface area contributed by atoms with E-state index in [2.05, 4.69) is 20.5 Å². The highest BCUT2D eigenvalue weighted by Gasteiger charge is 2.29. The molecular formula is C23H28N6O5. The number of pyridine rings is 1. The summed E-state index contributed by atoms with van der Waals surface area (Å²) >= 11 is 0. The van der Waals surface area contributed by atoms with Crippen LogP contribution in [0.1, 0.15) is 24.3 Å². The number of aromatic nitrogens is 2. The van der Waals surface area contributed by atoms with E-state index in [1.165, 1.54) is 9.30 Å². The molecule has 2 aromatic rings. The molecule has 0 unspecified atom stereocenters. The second kappa shape index (κ2) is 9.96. The van der Waals surface area contributed by atoms with Crippen molar-refractivity contribution in [2.24, 2.45) is 0 Å². The molecule has 2 amide bonds. The molecule has 2 saturated heterocycles. The van der Waals surface area contributed by atoms with Gasteiger partial charge in [0.15, 0.2) is 11.3 Å². The molecule has 180 valence electrons. The highest BCUT2D eigenvalue weighted by Crippen LogP contribution is 2.29. The molecule has 4 heterocycles. The number of allylic oxidation sites excluding steroid dienone is 2. The highest BCUT2D eigenvalue weighted by atomic mass is 16.6. The standard InChI is InChI=1S/C23H28N6O5/c1-3-5-15(4-2)13-25-21(31)18-19(30)22(32)29-14-16(27-8-6-24-7-9-27)12-17(20(29)26-18)28-10-11-34-23(28)33/h3-5,12,14,24,30H,6-11,13H2,1-2H3,(H,25,31)/b5-3-,15-4+. The van der Waals surface area contributed by atoms with Crippen molar-refractivity contribution in [1.82, 2.24) is 20.0 Å². The Morgan fingerprint density at radius 2 is 2.03 bits per heavy atom. The van der Waals surface area contributed by atoms with Crippen LogP contribution in [0.4, 0.5) is 16.2 Å². The number of carbonyl (C=O) groups excluding carboxylic acids is 2. The molecular weight excluding hydrogens is 440 g/mol. The molecule has 0 saturated carbocycles. The van der Waals surface area contributed by atoms with Gasteiger partial charge in [-0.25, -0.2) is 9.78 Å². The number of hydrogen-bond acceptors (Lipinski definition) is 8. The van der Waals surface area contributed by atoms with E-state index in [0.717, 1.165) is 18.7 Å². The average Bonchev–Trinajstić information content (AvgIpc) is 3.29. The summed E-state index contributed by atoms with van der Waals surface area (Å²) in [5.41, 5.74) is 0.797. The van der Waals surface area contributed by atoms with E-state index in [4.69, 9.17) is 4.74 Å². The molecule has 11 heteroatoms. The fraction of sp³-hybridized carbons (Fsp3) is 0.391. The van der Waals surface area contributed by atoms with Crippen molar-refractivity contribution in [2.75, 3.05) is 55.7 Å². The molecule has 34 heavy (non-hydrogen) atoms. The van der Waals surface area contributed by atoms with E-state index < -0.39 is 29.0 Å². The Balaban J connectivity index is 1.81. The van der Waals surface area contributed by atoms with Gasteiger partial charge < -0.3 is 25.4 Å². The topological polar surface area (TPSA) is 129 Å². The fourth-order valence-corrected chi connectivity index (χ4v) is 4.00. The van der Waals surface area contributed by atoms with Gasteiger partial charge in [-0.2, -0.15) is 0 Å². The minimum Gasteiger partial charge on any atom is -0.501 e. The fourth-order valence-electron chi connectivity index (χ4n) is 4.00. The van der Waals surface area contributed by atoms with Gasteiger partial charge in [-0.1, -0.05) is 18.2 Å². The first-order chi connectivity index (χ1) is 16.4. The van der Waals surface area contributed by atoms with Crippen LogP contribution in [0.25, 0.3) is 5.65 Å². The van der Waals surface area contributed by atoms with Crippen LogP contribution in [0.15, 0.2) is 40.9 Å². The quantitative estimate of drug-likeness (QED) is 0.536. The molecule has 0 bridgehead atoms. The van der Waals surface area contributed by atoms with Gasteiger partial charge in [-0.3, -0.25) is 18.9 Å². The number of carbonyl (C=O) groups is 2. The molecule has 0 radical (unpaired) electrons. The maximum absolute atomic E-state index is 13.1. The number of aromatic hydroxyl groups is 1. The summed E-state index contributed by atoms with van der Waals surface area (Å²) in [5.74, 6) is -1.45. The van der Waals surface area contributed by atoms with Crippen LogP contribution >= 0.6 is 0 Å². The Kier molecular flexibility index (Phi) is 6.82. The molecule has 0 aliphatic carbocycles. The first kappa shape index (κ1) is 23.3. The van der Waals surface area contributed by atoms with Crippen LogP contribution in [0.2, 0.25) is 0 Å². The van der Waals surface area contributed by atoms with Gasteiger partial charge in [0.1, 0.15) is 6.61 Å². The Bertz CT molecular complexity index is 1230. The van der Waals surface area contributed by atoms with Crippen molar-refractivity contribution >= 4 is 29.0 Å². The van der Waals surface area contributed by atoms with E-state index in [1.807, 2.05) is 32.1 Å². The van der Waals surface area contributed by atoms with Crippen molar-refractivity contribution in [1.29, 1.82) is 0 Å². The van der Waals surface area contributed by atoms with Gasteiger partial charge in [0, 0.05) is 38.9 Å². The number of rotatable bonds is 6. The maximum Gasteiger partial charge on any atom is 0.414 e. The van der Waals surface area contributed by atoms with Crippen LogP contribution in [0, 0.1) is 0 Å². The molecule has 2 fully saturated rings. The van der Waals surface area contributed by atoms with Crippen LogP contribution in [0.3, 0.4) is 0 Å². The van der Waals surface area contributed by atoms with Crippen molar-refractivity contribution in [2.45, 2.75) is 13.8 Å². The number of ether oxygens (including phenoxy) is 1. The lowest BCUT2D eigenvalue weighted by Gasteiger charge is -2.30. The number of piperazine rings is 1. The van der Waals surface area contributed by atoms with Gasteiger partial charge in [0.25, 0.3) is 5.91 Å². The number of anilines is 2. The third-order valence-corrected chi connectivity index (χ3v) is 5.82. The normalized spacial score (nSPS) is 17.0. The SMILES string of the molecule is C/C=C\C(=C/C)CNC(=O)c1nc2c(N3CCOC3=O)cc(N3CCNCC3)cn2c(=O)c1O. The third-order valence-electron chi connectivity index (χ3n) is 5.82. The number of hydrogen-bond donors (Lipinski definition) is 3. The smallest absolute Gasteiger partial charge is 0.414 e. The summed E-state index contributed by atoms with van der Waals surface area (Å²) in [6.45, 7) is 7.37. The van der Waals surface area contributed by atoms with E-state index in [-0.39, 0.29) is 25.3 Å². The molecule has 4 rings (SSSR count). The van der Waals surface area contributed by atoms with Crippen molar-refractivity contribution in [3.8, 4) is 5.75 Å². The number of nitrogens with zero attached hydrogens (tertiary/aromatic N) is 4. The lowest BCUT2D eigenvalue weighted by atomic mass is 10.2. The maximum atomic E-state index is 13.1. The zero-order chi connectivity index (χ0) is 24.2. The summed E-state index contributed by atoms with van der Waals surface area (Å²) in [6.07, 6.45) is 6.55. The Morgan fingerprint density at radius 3 is 2.68 bits per heavy atom. The van der Waals surface area contributed by atoms with Crippen LogP contribution in [-0.4, -0.2) is 72.4 Å². The lowest BCUT2D eigenvalue weighted by molar-refractivity contribution is 0.0949. The Labute approximate surface area is 196 Å². The van der Waals surface area contributed by atoms with Gasteiger partial charge in [0.2, 0.25) is 5.75 Å². The van der Waals surface area contributed by atoms with Crippen LogP contribution < -0.4 is 26.0 Å². The number of cyclic esters (lactones) is 1. The minimum absolute atomic E-state index is 0.0883. The average molecular weight is 469 g/mol. The lowest BCUT2D eigenvalue weighted by Crippen LogP contribution is -2.43. The van der Waals surface area contributed by atoms with E-state index in [1.54, 1.807) is 12.3 Å². The molecule has 0 atom stereocenters. The van der Waals surface area contributed by atoms with E-state index >= 15 is 0 Å².